The van der Waals surface area contributed by atoms with Crippen molar-refractivity contribution in [2.24, 2.45) is 0 Å². The summed E-state index contributed by atoms with van der Waals surface area (Å²) < 4.78 is 0.442. The summed E-state index contributed by atoms with van der Waals surface area (Å²) in [5, 5.41) is 0. The maximum Gasteiger partial charge on any atom is 0.124 e. The van der Waals surface area contributed by atoms with Crippen molar-refractivity contribution in [2.45, 2.75) is 38.0 Å². The molecule has 0 N–H and O–H groups in total. The Hall–Kier alpha value is 2.19. The van der Waals surface area contributed by atoms with Gasteiger partial charge in [0.15, 0.2) is 0 Å². The standard InChI is InChI=1S/C8H14I3/c1-2-3-4-5-6-7-8(9,10)11/h1-7H2. The summed E-state index contributed by atoms with van der Waals surface area (Å²) in [6.45, 7) is 3.83. The first-order valence-electron chi connectivity index (χ1n) is 3.92. The molecule has 0 aromatic carbocycles. The number of hydrogen-bond donors (Lipinski definition) is 0. The fourth-order valence-corrected chi connectivity index (χ4v) is 2.00. The third-order valence-electron chi connectivity index (χ3n) is 1.46. The molecule has 0 amide bonds. The van der Waals surface area contributed by atoms with Crippen LogP contribution >= 0.6 is 67.8 Å². The van der Waals surface area contributed by atoms with Crippen LogP contribution in [0.1, 0.15) is 38.5 Å². The van der Waals surface area contributed by atoms with E-state index in [4.69, 9.17) is 0 Å². The van der Waals surface area contributed by atoms with Gasteiger partial charge >= 0.3 is 0 Å². The highest BCUT2D eigenvalue weighted by Crippen LogP contribution is 2.40. The van der Waals surface area contributed by atoms with Gasteiger partial charge < -0.3 is 0 Å². The van der Waals surface area contributed by atoms with Gasteiger partial charge in [0.2, 0.25) is 0 Å². The monoisotopic (exact) mass is 491 g/mol. The second kappa shape index (κ2) is 7.58. The van der Waals surface area contributed by atoms with E-state index >= 15 is 0 Å². The quantitative estimate of drug-likeness (QED) is 0.275. The van der Waals surface area contributed by atoms with E-state index in [1.807, 2.05) is 0 Å². The van der Waals surface area contributed by atoms with Crippen LogP contribution in [0, 0.1) is 6.92 Å². The van der Waals surface area contributed by atoms with Gasteiger partial charge in [0.25, 0.3) is 0 Å². The van der Waals surface area contributed by atoms with Crippen molar-refractivity contribution in [1.82, 2.24) is 0 Å². The van der Waals surface area contributed by atoms with Crippen molar-refractivity contribution in [3.8, 4) is 0 Å². The summed E-state index contributed by atoms with van der Waals surface area (Å²) in [5.41, 5.74) is 0. The minimum absolute atomic E-state index is 0.442. The Kier molecular flexibility index (Phi) is 9.09. The molecule has 0 aliphatic carbocycles. The molecule has 0 aliphatic rings. The Balaban J connectivity index is 3.02. The van der Waals surface area contributed by atoms with Crippen LogP contribution in [0.2, 0.25) is 0 Å². The molecule has 1 radical (unpaired) electrons. The van der Waals surface area contributed by atoms with E-state index in [-0.39, 0.29) is 0 Å². The Labute approximate surface area is 111 Å². The van der Waals surface area contributed by atoms with Crippen molar-refractivity contribution in [2.75, 3.05) is 0 Å². The summed E-state index contributed by atoms with van der Waals surface area (Å²) in [6, 6.07) is 0. The Bertz CT molecular complexity index is 85.8. The molecule has 0 unspecified atom stereocenters. The Morgan fingerprint density at radius 3 is 1.91 bits per heavy atom. The first-order chi connectivity index (χ1) is 5.06. The minimum Gasteiger partial charge on any atom is -0.0554 e. The third kappa shape index (κ3) is 12.2. The van der Waals surface area contributed by atoms with Crippen molar-refractivity contribution < 1.29 is 0 Å². The molecule has 0 bridgehead atoms. The van der Waals surface area contributed by atoms with Crippen molar-refractivity contribution in [3.05, 3.63) is 6.92 Å². The Morgan fingerprint density at radius 1 is 0.909 bits per heavy atom. The number of hydrogen-bond acceptors (Lipinski definition) is 0. The van der Waals surface area contributed by atoms with Crippen molar-refractivity contribution in [3.63, 3.8) is 0 Å². The highest BCUT2D eigenvalue weighted by molar-refractivity contribution is 14.3. The normalized spacial score (nSPS) is 12.0. The van der Waals surface area contributed by atoms with E-state index in [0.29, 0.717) is -0.565 Å². The molecule has 0 heterocycles. The van der Waals surface area contributed by atoms with Gasteiger partial charge in [0, 0.05) is 0 Å². The zero-order valence-electron chi connectivity index (χ0n) is 6.58. The van der Waals surface area contributed by atoms with Gasteiger partial charge in [-0.25, -0.2) is 0 Å². The molecule has 0 nitrogen and oxygen atoms in total. The zero-order valence-corrected chi connectivity index (χ0v) is 13.1. The van der Waals surface area contributed by atoms with E-state index in [1.54, 1.807) is 0 Å². The fraction of sp³-hybridized carbons (Fsp3) is 0.875. The van der Waals surface area contributed by atoms with Gasteiger partial charge in [0.1, 0.15) is -0.565 Å². The SMILES string of the molecule is [CH2]CCCCCCC(I)(I)I. The summed E-state index contributed by atoms with van der Waals surface area (Å²) in [5.74, 6) is 0. The average Bonchev–Trinajstić information content (AvgIpc) is 1.85. The maximum atomic E-state index is 3.83. The lowest BCUT2D eigenvalue weighted by Gasteiger charge is -2.10. The molecule has 0 fully saturated rings. The fourth-order valence-electron chi connectivity index (χ4n) is 0.856. The number of unbranched alkanes of at least 4 members (excludes halogenated alkanes) is 4. The average molecular weight is 491 g/mol. The van der Waals surface area contributed by atoms with Crippen molar-refractivity contribution in [1.29, 1.82) is 0 Å². The third-order valence-corrected chi connectivity index (χ3v) is 3.08. The zero-order chi connectivity index (χ0) is 8.74. The predicted molar refractivity (Wildman–Crippen MR) is 77.9 cm³/mol. The van der Waals surface area contributed by atoms with Gasteiger partial charge in [-0.3, -0.25) is 0 Å². The molecule has 0 aromatic rings. The second-order valence-electron chi connectivity index (χ2n) is 2.63. The van der Waals surface area contributed by atoms with E-state index in [0.717, 1.165) is 6.42 Å². The molecule has 0 atom stereocenters. The predicted octanol–water partition coefficient (Wildman–Crippen LogP) is 5.12. The molecular formula is C8H14I3. The van der Waals surface area contributed by atoms with Crippen LogP contribution < -0.4 is 0 Å². The van der Waals surface area contributed by atoms with Crippen LogP contribution in [-0.4, -0.2) is -0.565 Å². The molecule has 0 rings (SSSR count). The van der Waals surface area contributed by atoms with Crippen LogP contribution in [0.5, 0.6) is 0 Å². The lowest BCUT2D eigenvalue weighted by molar-refractivity contribution is 0.637. The van der Waals surface area contributed by atoms with Crippen LogP contribution in [0.25, 0.3) is 0 Å². The molecule has 0 spiro atoms. The Morgan fingerprint density at radius 2 is 1.45 bits per heavy atom. The first-order valence-corrected chi connectivity index (χ1v) is 7.16. The highest BCUT2D eigenvalue weighted by Gasteiger charge is 2.15. The molecule has 11 heavy (non-hydrogen) atoms. The van der Waals surface area contributed by atoms with E-state index in [1.165, 1.54) is 32.1 Å². The molecule has 3 heteroatoms. The first kappa shape index (κ1) is 13.2. The topological polar surface area (TPSA) is 0 Å². The summed E-state index contributed by atoms with van der Waals surface area (Å²) >= 11 is 7.50. The van der Waals surface area contributed by atoms with Gasteiger partial charge in [-0.1, -0.05) is 107 Å². The molecule has 0 aromatic heterocycles. The summed E-state index contributed by atoms with van der Waals surface area (Å²) in [6.07, 6.45) is 7.84. The van der Waals surface area contributed by atoms with Crippen LogP contribution in [0.15, 0.2) is 0 Å². The van der Waals surface area contributed by atoms with Gasteiger partial charge in [0.05, 0.1) is 0 Å². The van der Waals surface area contributed by atoms with Crippen molar-refractivity contribution >= 4 is 67.8 Å². The van der Waals surface area contributed by atoms with Crippen LogP contribution in [0.4, 0.5) is 0 Å². The lowest BCUT2D eigenvalue weighted by Crippen LogP contribution is -1.97. The van der Waals surface area contributed by atoms with E-state index in [9.17, 15) is 0 Å². The maximum absolute atomic E-state index is 3.83. The van der Waals surface area contributed by atoms with Gasteiger partial charge in [-0.05, 0) is 6.42 Å². The smallest absolute Gasteiger partial charge is 0.0554 e. The van der Waals surface area contributed by atoms with Gasteiger partial charge in [-0.2, -0.15) is 0 Å². The number of rotatable bonds is 6. The van der Waals surface area contributed by atoms with E-state index < -0.39 is 0 Å². The summed E-state index contributed by atoms with van der Waals surface area (Å²) in [7, 11) is 0. The van der Waals surface area contributed by atoms with Crippen LogP contribution in [0.3, 0.4) is 0 Å². The second-order valence-corrected chi connectivity index (χ2v) is 14.3. The number of halogens is 3. The highest BCUT2D eigenvalue weighted by atomic mass is 127. The lowest BCUT2D eigenvalue weighted by atomic mass is 10.1. The molecule has 67 valence electrons. The van der Waals surface area contributed by atoms with Gasteiger partial charge in [-0.15, -0.1) is 0 Å². The molecule has 0 aliphatic heterocycles. The van der Waals surface area contributed by atoms with Crippen LogP contribution in [-0.2, 0) is 0 Å². The number of alkyl halides is 3. The summed E-state index contributed by atoms with van der Waals surface area (Å²) in [4.78, 5) is 0. The largest absolute Gasteiger partial charge is 0.124 e. The molecule has 0 saturated carbocycles. The van der Waals surface area contributed by atoms with E-state index in [2.05, 4.69) is 74.7 Å². The minimum atomic E-state index is 0.442. The molecule has 0 saturated heterocycles. The molecular weight excluding hydrogens is 477 g/mol.